The number of nitrogens with one attached hydrogen (secondary N) is 1. The van der Waals surface area contributed by atoms with Crippen LogP contribution < -0.4 is 5.32 Å². The van der Waals surface area contributed by atoms with E-state index in [-0.39, 0.29) is 23.8 Å². The molecule has 108 valence electrons. The van der Waals surface area contributed by atoms with Crippen LogP contribution in [-0.2, 0) is 9.59 Å². The summed E-state index contributed by atoms with van der Waals surface area (Å²) in [6, 6.07) is 0.0599. The maximum atomic E-state index is 12.3. The molecule has 0 radical (unpaired) electrons. The van der Waals surface area contributed by atoms with Gasteiger partial charge in [-0.1, -0.05) is 33.1 Å². The molecule has 0 spiro atoms. The smallest absolute Gasteiger partial charge is 0.243 e. The molecule has 1 N–H and O–H groups in total. The predicted octanol–water partition coefficient (Wildman–Crippen LogP) is 1.99. The largest absolute Gasteiger partial charge is 0.352 e. The molecule has 0 aromatic carbocycles. The van der Waals surface area contributed by atoms with Gasteiger partial charge in [0.25, 0.3) is 0 Å². The van der Waals surface area contributed by atoms with Gasteiger partial charge >= 0.3 is 0 Å². The quantitative estimate of drug-likeness (QED) is 0.862. The Morgan fingerprint density at radius 3 is 2.53 bits per heavy atom. The number of carbonyl (C=O) groups excluding carboxylic acids is 2. The van der Waals surface area contributed by atoms with Crippen LogP contribution in [0, 0.1) is 5.92 Å². The Morgan fingerprint density at radius 2 is 1.89 bits per heavy atom. The Balaban J connectivity index is 1.91. The van der Waals surface area contributed by atoms with E-state index in [0.29, 0.717) is 11.9 Å². The molecule has 19 heavy (non-hydrogen) atoms. The fourth-order valence-corrected chi connectivity index (χ4v) is 3.92. The van der Waals surface area contributed by atoms with Crippen molar-refractivity contribution >= 4 is 23.6 Å². The van der Waals surface area contributed by atoms with Gasteiger partial charge in [-0.2, -0.15) is 0 Å². The number of hydrogen-bond acceptors (Lipinski definition) is 3. The summed E-state index contributed by atoms with van der Waals surface area (Å²) < 4.78 is 0. The average Bonchev–Trinajstić information content (AvgIpc) is 2.88. The second-order valence-corrected chi connectivity index (χ2v) is 6.82. The van der Waals surface area contributed by atoms with E-state index in [2.05, 4.69) is 5.32 Å². The fraction of sp³-hybridized carbons (Fsp3) is 0.857. The molecule has 2 rings (SSSR count). The number of thioether (sulfide) groups is 1. The van der Waals surface area contributed by atoms with E-state index in [1.54, 1.807) is 16.7 Å². The molecule has 1 saturated carbocycles. The molecule has 2 fully saturated rings. The molecule has 1 unspecified atom stereocenters. The molecule has 1 atom stereocenters. The molecule has 2 amide bonds. The third-order valence-electron chi connectivity index (χ3n) is 3.91. The minimum Gasteiger partial charge on any atom is -0.352 e. The maximum absolute atomic E-state index is 12.3. The van der Waals surface area contributed by atoms with Crippen molar-refractivity contribution < 1.29 is 9.59 Å². The first-order valence-electron chi connectivity index (χ1n) is 7.28. The summed E-state index contributed by atoms with van der Waals surface area (Å²) in [4.78, 5) is 26.2. The van der Waals surface area contributed by atoms with Gasteiger partial charge in [0.1, 0.15) is 6.04 Å². The Bertz CT molecular complexity index is 340. The van der Waals surface area contributed by atoms with Gasteiger partial charge in [0, 0.05) is 17.7 Å². The molecule has 0 bridgehead atoms. The summed E-state index contributed by atoms with van der Waals surface area (Å²) in [5.74, 6) is 1.49. The second kappa shape index (κ2) is 6.64. The Hall–Kier alpha value is -0.710. The van der Waals surface area contributed by atoms with Crippen molar-refractivity contribution in [1.29, 1.82) is 0 Å². The van der Waals surface area contributed by atoms with Crippen LogP contribution >= 0.6 is 11.8 Å². The van der Waals surface area contributed by atoms with Crippen molar-refractivity contribution in [2.45, 2.75) is 58.0 Å². The van der Waals surface area contributed by atoms with Crippen LogP contribution in [0.3, 0.4) is 0 Å². The van der Waals surface area contributed by atoms with Gasteiger partial charge in [-0.25, -0.2) is 0 Å². The van der Waals surface area contributed by atoms with E-state index in [4.69, 9.17) is 0 Å². The Morgan fingerprint density at radius 1 is 1.21 bits per heavy atom. The molecule has 1 aliphatic heterocycles. The Kier molecular flexibility index (Phi) is 5.13. The van der Waals surface area contributed by atoms with E-state index >= 15 is 0 Å². The zero-order valence-corrected chi connectivity index (χ0v) is 12.7. The van der Waals surface area contributed by atoms with Gasteiger partial charge in [0.15, 0.2) is 0 Å². The third-order valence-corrected chi connectivity index (χ3v) is 4.93. The second-order valence-electron chi connectivity index (χ2n) is 5.82. The number of rotatable bonds is 3. The summed E-state index contributed by atoms with van der Waals surface area (Å²) in [5, 5.41) is 3.14. The molecule has 1 aliphatic carbocycles. The van der Waals surface area contributed by atoms with Gasteiger partial charge in [-0.15, -0.1) is 11.8 Å². The van der Waals surface area contributed by atoms with Crippen molar-refractivity contribution in [2.75, 3.05) is 11.6 Å². The van der Waals surface area contributed by atoms with Gasteiger partial charge in [0.05, 0.1) is 5.88 Å². The number of carbonyl (C=O) groups is 2. The highest BCUT2D eigenvalue weighted by Gasteiger charge is 2.36. The van der Waals surface area contributed by atoms with Crippen LogP contribution in [-0.4, -0.2) is 40.4 Å². The van der Waals surface area contributed by atoms with Crippen molar-refractivity contribution in [3.8, 4) is 0 Å². The van der Waals surface area contributed by atoms with Gasteiger partial charge < -0.3 is 10.2 Å². The molecule has 1 heterocycles. The lowest BCUT2D eigenvalue weighted by atomic mass is 9.95. The summed E-state index contributed by atoms with van der Waals surface area (Å²) >= 11 is 1.67. The summed E-state index contributed by atoms with van der Waals surface area (Å²) in [6.45, 7) is 3.78. The van der Waals surface area contributed by atoms with Crippen molar-refractivity contribution in [1.82, 2.24) is 10.2 Å². The monoisotopic (exact) mass is 284 g/mol. The number of nitrogens with zero attached hydrogens (tertiary/aromatic N) is 1. The van der Waals surface area contributed by atoms with Gasteiger partial charge in [-0.3, -0.25) is 9.59 Å². The minimum atomic E-state index is -0.262. The normalized spacial score (nSPS) is 24.8. The van der Waals surface area contributed by atoms with Crippen molar-refractivity contribution in [2.24, 2.45) is 5.92 Å². The first-order chi connectivity index (χ1) is 9.09. The first kappa shape index (κ1) is 14.7. The molecule has 0 aromatic heterocycles. The van der Waals surface area contributed by atoms with E-state index in [0.717, 1.165) is 18.6 Å². The topological polar surface area (TPSA) is 49.4 Å². The van der Waals surface area contributed by atoms with Crippen LogP contribution in [0.2, 0.25) is 0 Å². The van der Waals surface area contributed by atoms with Gasteiger partial charge in [0.2, 0.25) is 11.8 Å². The maximum Gasteiger partial charge on any atom is 0.243 e. The van der Waals surface area contributed by atoms with Crippen LogP contribution in [0.5, 0.6) is 0 Å². The summed E-state index contributed by atoms with van der Waals surface area (Å²) in [6.07, 6.45) is 5.87. The molecule has 0 aromatic rings. The molecular weight excluding hydrogens is 260 g/mol. The molecule has 1 saturated heterocycles. The first-order valence-corrected chi connectivity index (χ1v) is 8.43. The SMILES string of the molecule is CC(C)C(=O)N1CSCC1C(=O)NC1CCCCC1. The van der Waals surface area contributed by atoms with E-state index in [1.807, 2.05) is 13.8 Å². The minimum absolute atomic E-state index is 0.0383. The lowest BCUT2D eigenvalue weighted by Crippen LogP contribution is -2.51. The highest BCUT2D eigenvalue weighted by Crippen LogP contribution is 2.24. The molecule has 5 heteroatoms. The molecular formula is C14H24N2O2S. The van der Waals surface area contributed by atoms with Crippen molar-refractivity contribution in [3.05, 3.63) is 0 Å². The Labute approximate surface area is 119 Å². The van der Waals surface area contributed by atoms with Crippen LogP contribution in [0.1, 0.15) is 46.0 Å². The lowest BCUT2D eigenvalue weighted by molar-refractivity contribution is -0.140. The van der Waals surface area contributed by atoms with Crippen LogP contribution in [0.15, 0.2) is 0 Å². The lowest BCUT2D eigenvalue weighted by Gasteiger charge is -2.28. The van der Waals surface area contributed by atoms with E-state index in [1.165, 1.54) is 19.3 Å². The van der Waals surface area contributed by atoms with E-state index < -0.39 is 0 Å². The summed E-state index contributed by atoms with van der Waals surface area (Å²) in [5.41, 5.74) is 0. The highest BCUT2D eigenvalue weighted by atomic mass is 32.2. The molecule has 2 aliphatic rings. The zero-order valence-electron chi connectivity index (χ0n) is 11.9. The average molecular weight is 284 g/mol. The summed E-state index contributed by atoms with van der Waals surface area (Å²) in [7, 11) is 0. The fourth-order valence-electron chi connectivity index (χ4n) is 2.75. The predicted molar refractivity (Wildman–Crippen MR) is 77.8 cm³/mol. The van der Waals surface area contributed by atoms with Crippen LogP contribution in [0.4, 0.5) is 0 Å². The van der Waals surface area contributed by atoms with Crippen LogP contribution in [0.25, 0.3) is 0 Å². The van der Waals surface area contributed by atoms with Crippen molar-refractivity contribution in [3.63, 3.8) is 0 Å². The third kappa shape index (κ3) is 3.65. The molecule has 4 nitrogen and oxygen atoms in total. The standard InChI is InChI=1S/C14H24N2O2S/c1-10(2)14(18)16-9-19-8-12(16)13(17)15-11-6-4-3-5-7-11/h10-12H,3-9H2,1-2H3,(H,15,17). The number of amides is 2. The van der Waals surface area contributed by atoms with E-state index in [9.17, 15) is 9.59 Å². The highest BCUT2D eigenvalue weighted by molar-refractivity contribution is 7.99. The number of hydrogen-bond donors (Lipinski definition) is 1. The van der Waals surface area contributed by atoms with Gasteiger partial charge in [-0.05, 0) is 12.8 Å². The zero-order chi connectivity index (χ0) is 13.8.